The van der Waals surface area contributed by atoms with Crippen LogP contribution in [-0.4, -0.2) is 31.6 Å². The molecule has 20 heavy (non-hydrogen) atoms. The molecule has 0 aliphatic carbocycles. The van der Waals surface area contributed by atoms with Crippen LogP contribution in [0.3, 0.4) is 0 Å². The summed E-state index contributed by atoms with van der Waals surface area (Å²) in [5, 5.41) is 0. The highest BCUT2D eigenvalue weighted by atomic mass is 16.5. The van der Waals surface area contributed by atoms with Crippen LogP contribution in [0.5, 0.6) is 5.75 Å². The van der Waals surface area contributed by atoms with E-state index < -0.39 is 0 Å². The highest BCUT2D eigenvalue weighted by Gasteiger charge is 2.24. The van der Waals surface area contributed by atoms with Gasteiger partial charge in [-0.05, 0) is 44.3 Å². The second kappa shape index (κ2) is 7.65. The average Bonchev–Trinajstić information content (AvgIpc) is 2.74. The molecule has 1 heterocycles. The van der Waals surface area contributed by atoms with Gasteiger partial charge in [0.15, 0.2) is 0 Å². The van der Waals surface area contributed by atoms with E-state index >= 15 is 0 Å². The predicted octanol–water partition coefficient (Wildman–Crippen LogP) is 3.21. The molecule has 0 aromatic heterocycles. The molecule has 2 rings (SSSR count). The van der Waals surface area contributed by atoms with E-state index in [9.17, 15) is 0 Å². The van der Waals surface area contributed by atoms with Crippen LogP contribution in [0.4, 0.5) is 0 Å². The number of para-hydroxylation sites is 1. The molecule has 0 bridgehead atoms. The number of nitrogens with zero attached hydrogens (tertiary/aromatic N) is 1. The first-order valence-corrected chi connectivity index (χ1v) is 7.87. The third kappa shape index (κ3) is 3.53. The highest BCUT2D eigenvalue weighted by molar-refractivity contribution is 5.36. The molecule has 1 saturated heterocycles. The van der Waals surface area contributed by atoms with Crippen molar-refractivity contribution in [3.63, 3.8) is 0 Å². The molecule has 3 heteroatoms. The van der Waals surface area contributed by atoms with Crippen molar-refractivity contribution in [2.45, 2.75) is 38.6 Å². The van der Waals surface area contributed by atoms with Crippen molar-refractivity contribution in [1.82, 2.24) is 4.90 Å². The van der Waals surface area contributed by atoms with E-state index in [1.165, 1.54) is 31.2 Å². The SMILES string of the molecule is CCC1CCCN(C(CN)c2ccccc2OC)CC1. The van der Waals surface area contributed by atoms with Gasteiger partial charge in [-0.3, -0.25) is 4.90 Å². The summed E-state index contributed by atoms with van der Waals surface area (Å²) >= 11 is 0. The average molecular weight is 276 g/mol. The van der Waals surface area contributed by atoms with E-state index in [0.717, 1.165) is 24.8 Å². The van der Waals surface area contributed by atoms with Crippen molar-refractivity contribution >= 4 is 0 Å². The first-order valence-electron chi connectivity index (χ1n) is 7.87. The molecule has 0 spiro atoms. The lowest BCUT2D eigenvalue weighted by molar-refractivity contribution is 0.203. The Balaban J connectivity index is 2.15. The Hall–Kier alpha value is -1.06. The van der Waals surface area contributed by atoms with E-state index in [0.29, 0.717) is 6.54 Å². The van der Waals surface area contributed by atoms with Gasteiger partial charge < -0.3 is 10.5 Å². The summed E-state index contributed by atoms with van der Waals surface area (Å²) in [5.74, 6) is 1.84. The minimum atomic E-state index is 0.279. The molecule has 0 saturated carbocycles. The van der Waals surface area contributed by atoms with Gasteiger partial charge in [0, 0.05) is 12.1 Å². The number of hydrogen-bond donors (Lipinski definition) is 1. The zero-order valence-electron chi connectivity index (χ0n) is 12.8. The van der Waals surface area contributed by atoms with Gasteiger partial charge >= 0.3 is 0 Å². The first kappa shape index (κ1) is 15.3. The molecule has 2 atom stereocenters. The van der Waals surface area contributed by atoms with Crippen LogP contribution in [0.15, 0.2) is 24.3 Å². The van der Waals surface area contributed by atoms with Crippen LogP contribution < -0.4 is 10.5 Å². The Morgan fingerprint density at radius 1 is 1.30 bits per heavy atom. The van der Waals surface area contributed by atoms with E-state index in [1.54, 1.807) is 7.11 Å². The molecule has 1 aliphatic rings. The topological polar surface area (TPSA) is 38.5 Å². The van der Waals surface area contributed by atoms with Gasteiger partial charge in [0.05, 0.1) is 13.2 Å². The quantitative estimate of drug-likeness (QED) is 0.897. The highest BCUT2D eigenvalue weighted by Crippen LogP contribution is 2.31. The van der Waals surface area contributed by atoms with E-state index in [-0.39, 0.29) is 6.04 Å². The number of ether oxygens (including phenoxy) is 1. The fraction of sp³-hybridized carbons (Fsp3) is 0.647. The van der Waals surface area contributed by atoms with Gasteiger partial charge in [0.2, 0.25) is 0 Å². The van der Waals surface area contributed by atoms with Crippen molar-refractivity contribution in [3.8, 4) is 5.75 Å². The molecular weight excluding hydrogens is 248 g/mol. The summed E-state index contributed by atoms with van der Waals surface area (Å²) in [6.07, 6.45) is 5.23. The minimum Gasteiger partial charge on any atom is -0.496 e. The van der Waals surface area contributed by atoms with Gasteiger partial charge in [-0.2, -0.15) is 0 Å². The van der Waals surface area contributed by atoms with Crippen LogP contribution in [-0.2, 0) is 0 Å². The molecule has 0 radical (unpaired) electrons. The molecule has 2 unspecified atom stereocenters. The van der Waals surface area contributed by atoms with Crippen molar-refractivity contribution in [3.05, 3.63) is 29.8 Å². The summed E-state index contributed by atoms with van der Waals surface area (Å²) in [4.78, 5) is 2.55. The summed E-state index contributed by atoms with van der Waals surface area (Å²) in [6.45, 7) is 5.26. The van der Waals surface area contributed by atoms with E-state index in [1.807, 2.05) is 12.1 Å². The van der Waals surface area contributed by atoms with Gasteiger partial charge in [0.25, 0.3) is 0 Å². The molecule has 2 N–H and O–H groups in total. The molecule has 112 valence electrons. The lowest BCUT2D eigenvalue weighted by Gasteiger charge is -2.31. The number of benzene rings is 1. The predicted molar refractivity (Wildman–Crippen MR) is 84.0 cm³/mol. The normalized spacial score (nSPS) is 22.2. The maximum Gasteiger partial charge on any atom is 0.123 e. The van der Waals surface area contributed by atoms with Crippen LogP contribution in [0.25, 0.3) is 0 Å². The monoisotopic (exact) mass is 276 g/mol. The Morgan fingerprint density at radius 3 is 2.80 bits per heavy atom. The van der Waals surface area contributed by atoms with Gasteiger partial charge in [-0.25, -0.2) is 0 Å². The van der Waals surface area contributed by atoms with Gasteiger partial charge in [-0.15, -0.1) is 0 Å². The van der Waals surface area contributed by atoms with Crippen LogP contribution in [0, 0.1) is 5.92 Å². The Kier molecular flexibility index (Phi) is 5.86. The zero-order valence-corrected chi connectivity index (χ0v) is 12.8. The Labute approximate surface area is 123 Å². The second-order valence-electron chi connectivity index (χ2n) is 5.73. The number of methoxy groups -OCH3 is 1. The third-order valence-corrected chi connectivity index (χ3v) is 4.62. The fourth-order valence-electron chi connectivity index (χ4n) is 3.32. The minimum absolute atomic E-state index is 0.279. The molecule has 1 fully saturated rings. The van der Waals surface area contributed by atoms with E-state index in [2.05, 4.69) is 24.0 Å². The number of likely N-dealkylation sites (tertiary alicyclic amines) is 1. The first-order chi connectivity index (χ1) is 9.80. The lowest BCUT2D eigenvalue weighted by Crippen LogP contribution is -2.34. The van der Waals surface area contributed by atoms with Crippen molar-refractivity contribution in [1.29, 1.82) is 0 Å². The van der Waals surface area contributed by atoms with Crippen LogP contribution in [0.1, 0.15) is 44.2 Å². The van der Waals surface area contributed by atoms with E-state index in [4.69, 9.17) is 10.5 Å². The largest absolute Gasteiger partial charge is 0.496 e. The molecular formula is C17H28N2O. The second-order valence-corrected chi connectivity index (χ2v) is 5.73. The molecule has 1 aliphatic heterocycles. The number of nitrogens with two attached hydrogens (primary N) is 1. The summed E-state index contributed by atoms with van der Waals surface area (Å²) in [5.41, 5.74) is 7.31. The van der Waals surface area contributed by atoms with Gasteiger partial charge in [-0.1, -0.05) is 31.5 Å². The third-order valence-electron chi connectivity index (χ3n) is 4.62. The maximum absolute atomic E-state index is 6.08. The summed E-state index contributed by atoms with van der Waals surface area (Å²) < 4.78 is 5.51. The maximum atomic E-state index is 6.08. The van der Waals surface area contributed by atoms with Crippen molar-refractivity contribution < 1.29 is 4.74 Å². The number of hydrogen-bond acceptors (Lipinski definition) is 3. The van der Waals surface area contributed by atoms with Gasteiger partial charge in [0.1, 0.15) is 5.75 Å². The van der Waals surface area contributed by atoms with Crippen LogP contribution in [0.2, 0.25) is 0 Å². The fourth-order valence-corrected chi connectivity index (χ4v) is 3.32. The van der Waals surface area contributed by atoms with Crippen molar-refractivity contribution in [2.75, 3.05) is 26.7 Å². The molecule has 0 amide bonds. The smallest absolute Gasteiger partial charge is 0.123 e. The Bertz CT molecular complexity index is 408. The van der Waals surface area contributed by atoms with Crippen LogP contribution >= 0.6 is 0 Å². The summed E-state index contributed by atoms with van der Waals surface area (Å²) in [7, 11) is 1.74. The zero-order chi connectivity index (χ0) is 14.4. The lowest BCUT2D eigenvalue weighted by atomic mass is 9.98. The standard InChI is InChI=1S/C17H28N2O/c1-3-14-7-6-11-19(12-10-14)16(13-18)15-8-4-5-9-17(15)20-2/h4-5,8-9,14,16H,3,6-7,10-13,18H2,1-2H3. The van der Waals surface area contributed by atoms with Crippen molar-refractivity contribution in [2.24, 2.45) is 11.7 Å². The molecule has 1 aromatic carbocycles. The summed E-state index contributed by atoms with van der Waals surface area (Å²) in [6, 6.07) is 8.56. The molecule has 1 aromatic rings. The Morgan fingerprint density at radius 2 is 2.10 bits per heavy atom. The number of rotatable bonds is 5. The molecule has 3 nitrogen and oxygen atoms in total.